The number of hydrogen-bond donors (Lipinski definition) is 1. The summed E-state index contributed by atoms with van der Waals surface area (Å²) in [6.07, 6.45) is 2.53. The van der Waals surface area contributed by atoms with E-state index in [1.165, 1.54) is 0 Å². The van der Waals surface area contributed by atoms with Gasteiger partial charge in [0.25, 0.3) is 0 Å². The molecule has 4 nitrogen and oxygen atoms in total. The molecule has 0 saturated carbocycles. The number of likely N-dealkylation sites (N-methyl/N-ethyl adjacent to an activating group) is 1. The van der Waals surface area contributed by atoms with Crippen molar-refractivity contribution in [1.82, 2.24) is 20.1 Å². The first-order valence-corrected chi connectivity index (χ1v) is 8.64. The van der Waals surface area contributed by atoms with Crippen molar-refractivity contribution in [2.24, 2.45) is 0 Å². The number of halogens is 3. The van der Waals surface area contributed by atoms with E-state index in [2.05, 4.69) is 54.2 Å². The van der Waals surface area contributed by atoms with Gasteiger partial charge in [-0.1, -0.05) is 11.6 Å². The molecule has 1 N–H and O–H groups in total. The molecule has 7 heteroatoms. The van der Waals surface area contributed by atoms with E-state index in [4.69, 9.17) is 11.6 Å². The molecule has 1 atom stereocenters. The maximum Gasteiger partial charge on any atom is 0.0847 e. The third-order valence-corrected chi connectivity index (χ3v) is 4.93. The summed E-state index contributed by atoms with van der Waals surface area (Å²) in [7, 11) is 1.92. The standard InChI is InChI=1S/C14H17Br2ClN4/c1-4-21-12(13(17)8(2)20-21)6-11(18-3)14-10(16)5-9(15)7-19-14/h5,7,11,18H,4,6H2,1-3H3. The van der Waals surface area contributed by atoms with Gasteiger partial charge in [-0.2, -0.15) is 5.10 Å². The minimum absolute atomic E-state index is 0.0615. The van der Waals surface area contributed by atoms with E-state index in [1.807, 2.05) is 24.7 Å². The molecule has 21 heavy (non-hydrogen) atoms. The Morgan fingerprint density at radius 3 is 2.71 bits per heavy atom. The van der Waals surface area contributed by atoms with Crippen molar-refractivity contribution in [3.05, 3.63) is 43.3 Å². The van der Waals surface area contributed by atoms with Crippen molar-refractivity contribution in [3.8, 4) is 0 Å². The van der Waals surface area contributed by atoms with Gasteiger partial charge >= 0.3 is 0 Å². The summed E-state index contributed by atoms with van der Waals surface area (Å²) in [6, 6.07) is 2.06. The second-order valence-electron chi connectivity index (χ2n) is 4.73. The molecule has 0 aromatic carbocycles. The summed E-state index contributed by atoms with van der Waals surface area (Å²) in [4.78, 5) is 4.51. The van der Waals surface area contributed by atoms with E-state index in [0.29, 0.717) is 0 Å². The van der Waals surface area contributed by atoms with Crippen LogP contribution in [0.25, 0.3) is 0 Å². The molecular weight excluding hydrogens is 419 g/mol. The van der Waals surface area contributed by atoms with Crippen LogP contribution in [0.3, 0.4) is 0 Å². The minimum Gasteiger partial charge on any atom is -0.311 e. The van der Waals surface area contributed by atoms with Crippen LogP contribution in [0.5, 0.6) is 0 Å². The maximum absolute atomic E-state index is 6.40. The van der Waals surface area contributed by atoms with Crippen LogP contribution in [0.1, 0.15) is 30.0 Å². The van der Waals surface area contributed by atoms with Crippen LogP contribution in [0.2, 0.25) is 5.02 Å². The molecule has 0 aliphatic carbocycles. The second-order valence-corrected chi connectivity index (χ2v) is 6.88. The molecule has 2 aromatic rings. The van der Waals surface area contributed by atoms with Crippen LogP contribution in [0, 0.1) is 6.92 Å². The largest absolute Gasteiger partial charge is 0.311 e. The molecule has 2 heterocycles. The molecule has 0 spiro atoms. The van der Waals surface area contributed by atoms with Gasteiger partial charge in [0.05, 0.1) is 28.1 Å². The molecule has 0 aliphatic heterocycles. The van der Waals surface area contributed by atoms with E-state index in [9.17, 15) is 0 Å². The highest BCUT2D eigenvalue weighted by Gasteiger charge is 2.21. The van der Waals surface area contributed by atoms with Crippen LogP contribution >= 0.6 is 43.5 Å². The Balaban J connectivity index is 2.35. The summed E-state index contributed by atoms with van der Waals surface area (Å²) in [5.74, 6) is 0. The highest BCUT2D eigenvalue weighted by Crippen LogP contribution is 2.29. The number of nitrogens with one attached hydrogen (secondary N) is 1. The Morgan fingerprint density at radius 2 is 2.14 bits per heavy atom. The predicted molar refractivity (Wildman–Crippen MR) is 92.8 cm³/mol. The molecule has 0 saturated heterocycles. The van der Waals surface area contributed by atoms with Gasteiger partial charge in [0.15, 0.2) is 0 Å². The van der Waals surface area contributed by atoms with Crippen LogP contribution in [0.4, 0.5) is 0 Å². The monoisotopic (exact) mass is 434 g/mol. The van der Waals surface area contributed by atoms with Crippen LogP contribution in [0.15, 0.2) is 21.2 Å². The zero-order valence-electron chi connectivity index (χ0n) is 12.1. The molecule has 0 fully saturated rings. The quantitative estimate of drug-likeness (QED) is 0.761. The van der Waals surface area contributed by atoms with E-state index in [0.717, 1.165) is 44.0 Å². The van der Waals surface area contributed by atoms with Crippen molar-refractivity contribution < 1.29 is 0 Å². The topological polar surface area (TPSA) is 42.7 Å². The smallest absolute Gasteiger partial charge is 0.0847 e. The number of aromatic nitrogens is 3. The molecule has 2 aromatic heterocycles. The van der Waals surface area contributed by atoms with E-state index in [1.54, 1.807) is 6.20 Å². The molecule has 0 aliphatic rings. The van der Waals surface area contributed by atoms with Crippen LogP contribution < -0.4 is 5.32 Å². The summed E-state index contributed by atoms with van der Waals surface area (Å²) < 4.78 is 3.86. The highest BCUT2D eigenvalue weighted by atomic mass is 79.9. The fourth-order valence-electron chi connectivity index (χ4n) is 2.27. The Morgan fingerprint density at radius 1 is 1.43 bits per heavy atom. The number of pyridine rings is 1. The molecule has 0 amide bonds. The zero-order valence-corrected chi connectivity index (χ0v) is 16.0. The van der Waals surface area contributed by atoms with Gasteiger partial charge < -0.3 is 5.32 Å². The van der Waals surface area contributed by atoms with Crippen molar-refractivity contribution in [2.45, 2.75) is 32.9 Å². The summed E-state index contributed by atoms with van der Waals surface area (Å²) in [6.45, 7) is 4.79. The van der Waals surface area contributed by atoms with Gasteiger partial charge in [-0.3, -0.25) is 9.67 Å². The molecule has 2 rings (SSSR count). The lowest BCUT2D eigenvalue weighted by Crippen LogP contribution is -2.22. The predicted octanol–water partition coefficient (Wildman–Crippen LogP) is 4.29. The summed E-state index contributed by atoms with van der Waals surface area (Å²) >= 11 is 13.4. The van der Waals surface area contributed by atoms with Crippen molar-refractivity contribution in [3.63, 3.8) is 0 Å². The second kappa shape index (κ2) is 7.22. The van der Waals surface area contributed by atoms with E-state index < -0.39 is 0 Å². The first-order valence-electron chi connectivity index (χ1n) is 6.67. The highest BCUT2D eigenvalue weighted by molar-refractivity contribution is 9.11. The summed E-state index contributed by atoms with van der Waals surface area (Å²) in [5.41, 5.74) is 2.86. The number of aryl methyl sites for hydroxylation is 2. The van der Waals surface area contributed by atoms with Gasteiger partial charge in [0, 0.05) is 28.1 Å². The van der Waals surface area contributed by atoms with Crippen molar-refractivity contribution in [2.75, 3.05) is 7.05 Å². The van der Waals surface area contributed by atoms with E-state index >= 15 is 0 Å². The Labute approximate surface area is 146 Å². The molecule has 114 valence electrons. The molecular formula is C14H17Br2ClN4. The van der Waals surface area contributed by atoms with Crippen molar-refractivity contribution >= 4 is 43.5 Å². The normalized spacial score (nSPS) is 12.7. The van der Waals surface area contributed by atoms with Gasteiger partial charge in [-0.25, -0.2) is 0 Å². The molecule has 0 bridgehead atoms. The number of nitrogens with zero attached hydrogens (tertiary/aromatic N) is 3. The fourth-order valence-corrected chi connectivity index (χ4v) is 3.75. The van der Waals surface area contributed by atoms with Gasteiger partial charge in [-0.15, -0.1) is 0 Å². The fraction of sp³-hybridized carbons (Fsp3) is 0.429. The zero-order chi connectivity index (χ0) is 15.6. The van der Waals surface area contributed by atoms with Gasteiger partial charge in [-0.05, 0) is 58.8 Å². The molecule has 0 radical (unpaired) electrons. The van der Waals surface area contributed by atoms with Gasteiger partial charge in [0.2, 0.25) is 0 Å². The van der Waals surface area contributed by atoms with Gasteiger partial charge in [0.1, 0.15) is 0 Å². The lowest BCUT2D eigenvalue weighted by molar-refractivity contribution is 0.530. The van der Waals surface area contributed by atoms with Crippen molar-refractivity contribution in [1.29, 1.82) is 0 Å². The first-order chi connectivity index (χ1) is 9.97. The lowest BCUT2D eigenvalue weighted by atomic mass is 10.1. The average Bonchev–Trinajstić information content (AvgIpc) is 2.72. The third-order valence-electron chi connectivity index (χ3n) is 3.37. The Hall–Kier alpha value is -0.430. The SMILES string of the molecule is CCn1nc(C)c(Cl)c1CC(NC)c1ncc(Br)cc1Br. The Bertz CT molecular complexity index is 642. The van der Waals surface area contributed by atoms with Crippen LogP contribution in [-0.4, -0.2) is 21.8 Å². The lowest BCUT2D eigenvalue weighted by Gasteiger charge is -2.18. The molecule has 1 unspecified atom stereocenters. The Kier molecular flexibility index (Phi) is 5.82. The third kappa shape index (κ3) is 3.67. The maximum atomic E-state index is 6.40. The number of rotatable bonds is 5. The first kappa shape index (κ1) is 16.9. The van der Waals surface area contributed by atoms with Crippen LogP contribution in [-0.2, 0) is 13.0 Å². The average molecular weight is 437 g/mol. The minimum atomic E-state index is 0.0615. The van der Waals surface area contributed by atoms with E-state index in [-0.39, 0.29) is 6.04 Å². The summed E-state index contributed by atoms with van der Waals surface area (Å²) in [5, 5.41) is 8.51. The number of hydrogen-bond acceptors (Lipinski definition) is 3.